The summed E-state index contributed by atoms with van der Waals surface area (Å²) in [6.45, 7) is 7.79. The second kappa shape index (κ2) is 14.1. The zero-order valence-corrected chi connectivity index (χ0v) is 23.8. The van der Waals surface area contributed by atoms with Crippen LogP contribution >= 0.6 is 11.8 Å². The van der Waals surface area contributed by atoms with Gasteiger partial charge in [0.1, 0.15) is 19.0 Å². The van der Waals surface area contributed by atoms with Crippen molar-refractivity contribution in [2.24, 2.45) is 0 Å². The van der Waals surface area contributed by atoms with Crippen LogP contribution in [0.2, 0.25) is 0 Å². The lowest BCUT2D eigenvalue weighted by atomic mass is 9.82. The SMILES string of the molecule is C=CCOC(=O)C1=C(C)NC(SCC(=O)Nc2cccc(C)c2)=C(C#N)C1c1ccc(OCc2ccccc2)cc1. The number of nitriles is 1. The molecule has 1 unspecified atom stereocenters. The number of anilines is 1. The number of amides is 1. The molecule has 208 valence electrons. The maximum Gasteiger partial charge on any atom is 0.337 e. The van der Waals surface area contributed by atoms with E-state index in [1.54, 1.807) is 6.92 Å². The number of hydrogen-bond donors (Lipinski definition) is 2. The average molecular weight is 566 g/mol. The van der Waals surface area contributed by atoms with Crippen LogP contribution in [0, 0.1) is 18.3 Å². The van der Waals surface area contributed by atoms with Crippen LogP contribution < -0.4 is 15.4 Å². The number of hydrogen-bond acceptors (Lipinski definition) is 7. The first-order valence-electron chi connectivity index (χ1n) is 13.1. The minimum absolute atomic E-state index is 0.0426. The number of aryl methyl sites for hydroxylation is 1. The van der Waals surface area contributed by atoms with Gasteiger partial charge in [0, 0.05) is 11.4 Å². The van der Waals surface area contributed by atoms with Crippen LogP contribution in [0.5, 0.6) is 5.75 Å². The van der Waals surface area contributed by atoms with Crippen molar-refractivity contribution < 1.29 is 19.1 Å². The summed E-state index contributed by atoms with van der Waals surface area (Å²) in [5, 5.41) is 16.8. The number of esters is 1. The van der Waals surface area contributed by atoms with Gasteiger partial charge in [-0.1, -0.05) is 79.0 Å². The van der Waals surface area contributed by atoms with E-state index in [-0.39, 0.29) is 18.3 Å². The van der Waals surface area contributed by atoms with E-state index in [2.05, 4.69) is 23.3 Å². The Balaban J connectivity index is 1.58. The molecule has 0 aliphatic carbocycles. The lowest BCUT2D eigenvalue weighted by Crippen LogP contribution is -2.29. The third-order valence-electron chi connectivity index (χ3n) is 6.31. The summed E-state index contributed by atoms with van der Waals surface area (Å²) in [5.41, 5.74) is 4.72. The smallest absolute Gasteiger partial charge is 0.337 e. The fraction of sp³-hybridized carbons (Fsp3) is 0.182. The van der Waals surface area contributed by atoms with Crippen molar-refractivity contribution in [3.8, 4) is 11.8 Å². The van der Waals surface area contributed by atoms with Crippen molar-refractivity contribution in [3.63, 3.8) is 0 Å². The molecule has 8 heteroatoms. The van der Waals surface area contributed by atoms with E-state index < -0.39 is 11.9 Å². The quantitative estimate of drug-likeness (QED) is 0.206. The molecule has 1 heterocycles. The molecule has 3 aromatic carbocycles. The number of rotatable bonds is 11. The van der Waals surface area contributed by atoms with Crippen molar-refractivity contribution >= 4 is 29.3 Å². The zero-order valence-electron chi connectivity index (χ0n) is 23.0. The number of nitrogens with one attached hydrogen (secondary N) is 2. The predicted octanol–water partition coefficient (Wildman–Crippen LogP) is 6.37. The Hall–Kier alpha value is -4.74. The van der Waals surface area contributed by atoms with Crippen LogP contribution in [0.1, 0.15) is 29.5 Å². The van der Waals surface area contributed by atoms with Crippen LogP contribution in [-0.2, 0) is 20.9 Å². The zero-order chi connectivity index (χ0) is 29.2. The first-order chi connectivity index (χ1) is 19.9. The topological polar surface area (TPSA) is 100 Å². The molecule has 2 N–H and O–H groups in total. The summed E-state index contributed by atoms with van der Waals surface area (Å²) >= 11 is 1.21. The molecule has 1 atom stereocenters. The van der Waals surface area contributed by atoms with Crippen LogP contribution in [0.3, 0.4) is 0 Å². The molecule has 0 bridgehead atoms. The van der Waals surface area contributed by atoms with Gasteiger partial charge in [-0.05, 0) is 54.8 Å². The fourth-order valence-electron chi connectivity index (χ4n) is 4.40. The third-order valence-corrected chi connectivity index (χ3v) is 7.33. The molecule has 1 aliphatic rings. The van der Waals surface area contributed by atoms with E-state index in [0.717, 1.165) is 16.7 Å². The molecule has 1 aliphatic heterocycles. The molecule has 0 saturated heterocycles. The van der Waals surface area contributed by atoms with E-state index in [1.165, 1.54) is 17.8 Å². The van der Waals surface area contributed by atoms with Gasteiger partial charge in [0.05, 0.1) is 33.9 Å². The monoisotopic (exact) mass is 565 g/mol. The largest absolute Gasteiger partial charge is 0.489 e. The normalized spacial score (nSPS) is 14.5. The molecular weight excluding hydrogens is 534 g/mol. The Kier molecular flexibility index (Phi) is 10.0. The predicted molar refractivity (Wildman–Crippen MR) is 162 cm³/mol. The number of carbonyl (C=O) groups is 2. The Morgan fingerprint density at radius 3 is 2.51 bits per heavy atom. The average Bonchev–Trinajstić information content (AvgIpc) is 2.98. The molecule has 7 nitrogen and oxygen atoms in total. The number of ether oxygens (including phenoxy) is 2. The van der Waals surface area contributed by atoms with Gasteiger partial charge >= 0.3 is 5.97 Å². The molecule has 0 saturated carbocycles. The van der Waals surface area contributed by atoms with E-state index in [1.807, 2.05) is 85.8 Å². The van der Waals surface area contributed by atoms with Gasteiger partial charge in [-0.2, -0.15) is 5.26 Å². The molecule has 0 aromatic heterocycles. The van der Waals surface area contributed by atoms with Gasteiger partial charge in [0.2, 0.25) is 5.91 Å². The van der Waals surface area contributed by atoms with Gasteiger partial charge in [0.15, 0.2) is 0 Å². The van der Waals surface area contributed by atoms with Crippen LogP contribution in [0.4, 0.5) is 5.69 Å². The molecule has 0 fully saturated rings. The van der Waals surface area contributed by atoms with Crippen LogP contribution in [0.25, 0.3) is 0 Å². The minimum Gasteiger partial charge on any atom is -0.489 e. The fourth-order valence-corrected chi connectivity index (χ4v) is 5.29. The Labute approximate surface area is 244 Å². The van der Waals surface area contributed by atoms with Crippen molar-refractivity contribution in [3.05, 3.63) is 130 Å². The van der Waals surface area contributed by atoms with Gasteiger partial charge in [-0.25, -0.2) is 4.79 Å². The second-order valence-electron chi connectivity index (χ2n) is 9.39. The Morgan fingerprint density at radius 1 is 1.07 bits per heavy atom. The maximum absolute atomic E-state index is 13.1. The lowest BCUT2D eigenvalue weighted by molar-refractivity contribution is -0.138. The van der Waals surface area contributed by atoms with E-state index in [4.69, 9.17) is 9.47 Å². The summed E-state index contributed by atoms with van der Waals surface area (Å²) in [5.74, 6) is -0.707. The number of allylic oxidation sites excluding steroid dienone is 2. The van der Waals surface area contributed by atoms with E-state index >= 15 is 0 Å². The third kappa shape index (κ3) is 7.68. The summed E-state index contributed by atoms with van der Waals surface area (Å²) in [6.07, 6.45) is 1.49. The van der Waals surface area contributed by atoms with Gasteiger partial charge in [0.25, 0.3) is 0 Å². The van der Waals surface area contributed by atoms with E-state index in [0.29, 0.717) is 39.9 Å². The standard InChI is InChI=1S/C33H31N3O4S/c1-4-17-39-33(38)30-23(3)35-32(41-21-29(37)36-26-12-8-9-22(2)18-26)28(19-34)31(30)25-13-15-27(16-14-25)40-20-24-10-6-5-7-11-24/h4-16,18,31,35H,1,17,20-21H2,2-3H3,(H,36,37). The minimum atomic E-state index is -0.691. The molecule has 4 rings (SSSR count). The van der Waals surface area contributed by atoms with Gasteiger partial charge < -0.3 is 20.1 Å². The highest BCUT2D eigenvalue weighted by molar-refractivity contribution is 8.03. The highest BCUT2D eigenvalue weighted by atomic mass is 32.2. The summed E-state index contributed by atoms with van der Waals surface area (Å²) < 4.78 is 11.3. The van der Waals surface area contributed by atoms with Gasteiger partial charge in [-0.15, -0.1) is 0 Å². The highest BCUT2D eigenvalue weighted by Gasteiger charge is 2.35. The summed E-state index contributed by atoms with van der Waals surface area (Å²) in [4.78, 5) is 25.9. The number of benzene rings is 3. The number of nitrogens with zero attached hydrogens (tertiary/aromatic N) is 1. The molecule has 1 amide bonds. The molecule has 41 heavy (non-hydrogen) atoms. The van der Waals surface area contributed by atoms with E-state index in [9.17, 15) is 14.9 Å². The van der Waals surface area contributed by atoms with Crippen molar-refractivity contribution in [1.29, 1.82) is 5.26 Å². The van der Waals surface area contributed by atoms with Crippen LogP contribution in [0.15, 0.2) is 113 Å². The first-order valence-corrected chi connectivity index (χ1v) is 14.0. The molecule has 0 spiro atoms. The second-order valence-corrected chi connectivity index (χ2v) is 10.4. The maximum atomic E-state index is 13.1. The lowest BCUT2D eigenvalue weighted by Gasteiger charge is -2.29. The van der Waals surface area contributed by atoms with Crippen molar-refractivity contribution in [1.82, 2.24) is 5.32 Å². The highest BCUT2D eigenvalue weighted by Crippen LogP contribution is 2.41. The number of carbonyl (C=O) groups excluding carboxylic acids is 2. The summed E-state index contributed by atoms with van der Waals surface area (Å²) in [7, 11) is 0. The number of dihydropyridines is 1. The molecule has 3 aromatic rings. The van der Waals surface area contributed by atoms with Gasteiger partial charge in [-0.3, -0.25) is 4.79 Å². The van der Waals surface area contributed by atoms with Crippen molar-refractivity contribution in [2.45, 2.75) is 26.4 Å². The Bertz CT molecular complexity index is 1520. The number of thioether (sulfide) groups is 1. The van der Waals surface area contributed by atoms with Crippen LogP contribution in [-0.4, -0.2) is 24.2 Å². The summed E-state index contributed by atoms with van der Waals surface area (Å²) in [6, 6.07) is 27.0. The first kappa shape index (κ1) is 29.2. The Morgan fingerprint density at radius 2 is 1.83 bits per heavy atom. The molecule has 0 radical (unpaired) electrons. The molecular formula is C33H31N3O4S. The van der Waals surface area contributed by atoms with Crippen molar-refractivity contribution in [2.75, 3.05) is 17.7 Å².